The Morgan fingerprint density at radius 3 is 2.88 bits per heavy atom. The zero-order valence-electron chi connectivity index (χ0n) is 13.6. The Bertz CT molecular complexity index is 797. The van der Waals surface area contributed by atoms with Crippen LogP contribution in [0.25, 0.3) is 0 Å². The van der Waals surface area contributed by atoms with E-state index in [0.29, 0.717) is 41.2 Å². The SMILES string of the molecule is COc1ccc(Br)cc1NC(=O)Cc1cc(Cl)c2c(c1)OCCCO2. The van der Waals surface area contributed by atoms with E-state index in [1.54, 1.807) is 31.4 Å². The third kappa shape index (κ3) is 4.38. The normalized spacial score (nSPS) is 13.1. The molecule has 1 aliphatic heterocycles. The molecule has 0 unspecified atom stereocenters. The molecule has 1 amide bonds. The number of halogens is 2. The highest BCUT2D eigenvalue weighted by Gasteiger charge is 2.17. The summed E-state index contributed by atoms with van der Waals surface area (Å²) < 4.78 is 17.4. The average molecular weight is 427 g/mol. The molecular formula is C18H17BrClNO4. The quantitative estimate of drug-likeness (QED) is 0.784. The van der Waals surface area contributed by atoms with Gasteiger partial charge in [-0.05, 0) is 35.9 Å². The number of benzene rings is 2. The zero-order valence-corrected chi connectivity index (χ0v) is 15.9. The molecule has 0 radical (unpaired) electrons. The van der Waals surface area contributed by atoms with E-state index in [-0.39, 0.29) is 12.3 Å². The Morgan fingerprint density at radius 1 is 1.28 bits per heavy atom. The van der Waals surface area contributed by atoms with Crippen LogP contribution in [0.15, 0.2) is 34.8 Å². The molecule has 0 spiro atoms. The first-order chi connectivity index (χ1) is 12.1. The molecule has 2 aromatic carbocycles. The second-order valence-electron chi connectivity index (χ2n) is 5.52. The van der Waals surface area contributed by atoms with Gasteiger partial charge in [0, 0.05) is 10.9 Å². The van der Waals surface area contributed by atoms with Crippen molar-refractivity contribution in [3.05, 3.63) is 45.4 Å². The van der Waals surface area contributed by atoms with Crippen LogP contribution < -0.4 is 19.5 Å². The number of anilines is 1. The van der Waals surface area contributed by atoms with Crippen LogP contribution in [0.4, 0.5) is 5.69 Å². The summed E-state index contributed by atoms with van der Waals surface area (Å²) in [5.41, 5.74) is 1.35. The van der Waals surface area contributed by atoms with Crippen LogP contribution >= 0.6 is 27.5 Å². The zero-order chi connectivity index (χ0) is 17.8. The van der Waals surface area contributed by atoms with E-state index in [2.05, 4.69) is 21.2 Å². The Hall–Kier alpha value is -1.92. The number of carbonyl (C=O) groups excluding carboxylic acids is 1. The van der Waals surface area contributed by atoms with E-state index in [0.717, 1.165) is 16.5 Å². The predicted molar refractivity (Wildman–Crippen MR) is 100 cm³/mol. The Balaban J connectivity index is 1.76. The summed E-state index contributed by atoms with van der Waals surface area (Å²) in [5, 5.41) is 3.30. The van der Waals surface area contributed by atoms with Gasteiger partial charge in [-0.1, -0.05) is 27.5 Å². The van der Waals surface area contributed by atoms with E-state index >= 15 is 0 Å². The molecule has 25 heavy (non-hydrogen) atoms. The topological polar surface area (TPSA) is 56.8 Å². The molecule has 0 atom stereocenters. The van der Waals surface area contributed by atoms with E-state index in [4.69, 9.17) is 25.8 Å². The molecule has 7 heteroatoms. The van der Waals surface area contributed by atoms with Crippen molar-refractivity contribution < 1.29 is 19.0 Å². The van der Waals surface area contributed by atoms with Crippen molar-refractivity contribution in [3.63, 3.8) is 0 Å². The number of hydrogen-bond donors (Lipinski definition) is 1. The number of rotatable bonds is 4. The maximum atomic E-state index is 12.4. The number of fused-ring (bicyclic) bond motifs is 1. The summed E-state index contributed by atoms with van der Waals surface area (Å²) in [6, 6.07) is 8.94. The van der Waals surface area contributed by atoms with E-state index < -0.39 is 0 Å². The van der Waals surface area contributed by atoms with E-state index in [9.17, 15) is 4.79 Å². The number of nitrogens with one attached hydrogen (secondary N) is 1. The van der Waals surface area contributed by atoms with E-state index in [1.165, 1.54) is 0 Å². The number of carbonyl (C=O) groups is 1. The van der Waals surface area contributed by atoms with Crippen molar-refractivity contribution in [3.8, 4) is 17.2 Å². The lowest BCUT2D eigenvalue weighted by Crippen LogP contribution is -2.15. The summed E-state index contributed by atoms with van der Waals surface area (Å²) in [6.07, 6.45) is 0.954. The van der Waals surface area contributed by atoms with Crippen LogP contribution in [0, 0.1) is 0 Å². The average Bonchev–Trinajstić information content (AvgIpc) is 2.81. The molecule has 3 rings (SSSR count). The molecule has 0 saturated heterocycles. The van der Waals surface area contributed by atoms with Gasteiger partial charge in [0.25, 0.3) is 0 Å². The van der Waals surface area contributed by atoms with Crippen molar-refractivity contribution in [2.45, 2.75) is 12.8 Å². The number of methoxy groups -OCH3 is 1. The molecule has 1 aliphatic rings. The van der Waals surface area contributed by atoms with Crippen LogP contribution in [-0.2, 0) is 11.2 Å². The van der Waals surface area contributed by atoms with Gasteiger partial charge in [0.15, 0.2) is 11.5 Å². The maximum Gasteiger partial charge on any atom is 0.228 e. The van der Waals surface area contributed by atoms with Crippen molar-refractivity contribution in [2.24, 2.45) is 0 Å². The standard InChI is InChI=1S/C18H17BrClNO4/c1-23-15-4-3-12(19)10-14(15)21-17(22)9-11-7-13(20)18-16(8-11)24-5-2-6-25-18/h3-4,7-8,10H,2,5-6,9H2,1H3,(H,21,22). The van der Waals surface area contributed by atoms with Gasteiger partial charge < -0.3 is 19.5 Å². The largest absolute Gasteiger partial charge is 0.495 e. The van der Waals surface area contributed by atoms with Crippen LogP contribution in [-0.4, -0.2) is 26.2 Å². The highest BCUT2D eigenvalue weighted by atomic mass is 79.9. The molecule has 1 heterocycles. The molecular weight excluding hydrogens is 410 g/mol. The summed E-state index contributed by atoms with van der Waals surface area (Å²) in [5.74, 6) is 1.53. The molecule has 132 valence electrons. The van der Waals surface area contributed by atoms with Crippen LogP contribution in [0.5, 0.6) is 17.2 Å². The van der Waals surface area contributed by atoms with Crippen molar-refractivity contribution in [1.29, 1.82) is 0 Å². The highest BCUT2D eigenvalue weighted by Crippen LogP contribution is 2.38. The van der Waals surface area contributed by atoms with Crippen molar-refractivity contribution >= 4 is 39.1 Å². The Morgan fingerprint density at radius 2 is 2.08 bits per heavy atom. The molecule has 2 aromatic rings. The van der Waals surface area contributed by atoms with Crippen molar-refractivity contribution in [1.82, 2.24) is 0 Å². The van der Waals surface area contributed by atoms with Gasteiger partial charge in [0.1, 0.15) is 5.75 Å². The molecule has 0 saturated carbocycles. The summed E-state index contributed by atoms with van der Waals surface area (Å²) in [4.78, 5) is 12.4. The predicted octanol–water partition coefficient (Wildman–Crippen LogP) is 4.45. The van der Waals surface area contributed by atoms with Gasteiger partial charge in [-0.25, -0.2) is 0 Å². The minimum absolute atomic E-state index is 0.159. The number of ether oxygens (including phenoxy) is 3. The molecule has 0 bridgehead atoms. The van der Waals surface area contributed by atoms with Gasteiger partial charge >= 0.3 is 0 Å². The molecule has 0 aliphatic carbocycles. The second-order valence-corrected chi connectivity index (χ2v) is 6.85. The minimum Gasteiger partial charge on any atom is -0.495 e. The molecule has 0 aromatic heterocycles. The lowest BCUT2D eigenvalue weighted by atomic mass is 10.1. The maximum absolute atomic E-state index is 12.4. The molecule has 1 N–H and O–H groups in total. The third-order valence-corrected chi connectivity index (χ3v) is 4.44. The fraction of sp³-hybridized carbons (Fsp3) is 0.278. The lowest BCUT2D eigenvalue weighted by molar-refractivity contribution is -0.115. The van der Waals surface area contributed by atoms with E-state index in [1.807, 2.05) is 6.07 Å². The first kappa shape index (κ1) is 17.9. The van der Waals surface area contributed by atoms with Gasteiger partial charge in [-0.2, -0.15) is 0 Å². The fourth-order valence-electron chi connectivity index (χ4n) is 2.54. The smallest absolute Gasteiger partial charge is 0.228 e. The summed E-state index contributed by atoms with van der Waals surface area (Å²) in [7, 11) is 1.56. The summed E-state index contributed by atoms with van der Waals surface area (Å²) in [6.45, 7) is 1.13. The number of hydrogen-bond acceptors (Lipinski definition) is 4. The lowest BCUT2D eigenvalue weighted by Gasteiger charge is -2.13. The Labute approximate surface area is 159 Å². The Kier molecular flexibility index (Phi) is 5.71. The number of amides is 1. The first-order valence-electron chi connectivity index (χ1n) is 7.78. The highest BCUT2D eigenvalue weighted by molar-refractivity contribution is 9.10. The molecule has 0 fully saturated rings. The fourth-order valence-corrected chi connectivity index (χ4v) is 3.19. The van der Waals surface area contributed by atoms with Crippen LogP contribution in [0.1, 0.15) is 12.0 Å². The van der Waals surface area contributed by atoms with Crippen LogP contribution in [0.3, 0.4) is 0 Å². The van der Waals surface area contributed by atoms with Crippen LogP contribution in [0.2, 0.25) is 5.02 Å². The van der Waals surface area contributed by atoms with Crippen molar-refractivity contribution in [2.75, 3.05) is 25.6 Å². The molecule has 5 nitrogen and oxygen atoms in total. The summed E-state index contributed by atoms with van der Waals surface area (Å²) >= 11 is 9.65. The van der Waals surface area contributed by atoms with Gasteiger partial charge in [0.2, 0.25) is 5.91 Å². The van der Waals surface area contributed by atoms with Gasteiger partial charge in [-0.15, -0.1) is 0 Å². The van der Waals surface area contributed by atoms with Gasteiger partial charge in [-0.3, -0.25) is 4.79 Å². The third-order valence-electron chi connectivity index (χ3n) is 3.66. The first-order valence-corrected chi connectivity index (χ1v) is 8.95. The second kappa shape index (κ2) is 7.97. The monoisotopic (exact) mass is 425 g/mol. The van der Waals surface area contributed by atoms with Gasteiger partial charge in [0.05, 0.1) is 37.5 Å². The minimum atomic E-state index is -0.179.